The average Bonchev–Trinajstić information content (AvgIpc) is 3.08. The summed E-state index contributed by atoms with van der Waals surface area (Å²) >= 11 is 3.43. The van der Waals surface area contributed by atoms with Crippen molar-refractivity contribution < 1.29 is 9.47 Å². The Balaban J connectivity index is 1.75. The third-order valence-electron chi connectivity index (χ3n) is 5.37. The van der Waals surface area contributed by atoms with Gasteiger partial charge >= 0.3 is 0 Å². The van der Waals surface area contributed by atoms with Crippen molar-refractivity contribution in [3.05, 3.63) is 85.8 Å². The molecule has 1 unspecified atom stereocenters. The number of ether oxygens (including phenoxy) is 2. The van der Waals surface area contributed by atoms with Gasteiger partial charge in [-0.3, -0.25) is 5.10 Å². The number of benzene rings is 2. The molecule has 2 heterocycles. The summed E-state index contributed by atoms with van der Waals surface area (Å²) in [6.07, 6.45) is 0. The van der Waals surface area contributed by atoms with Crippen LogP contribution >= 0.6 is 15.9 Å². The molecular formula is C23H21BrN4O2. The number of aryl methyl sites for hydroxylation is 3. The van der Waals surface area contributed by atoms with E-state index in [9.17, 15) is 5.26 Å². The van der Waals surface area contributed by atoms with Gasteiger partial charge in [-0.25, -0.2) is 0 Å². The first-order valence-electron chi connectivity index (χ1n) is 9.50. The highest BCUT2D eigenvalue weighted by molar-refractivity contribution is 9.10. The highest BCUT2D eigenvalue weighted by Gasteiger charge is 2.35. The van der Waals surface area contributed by atoms with E-state index in [2.05, 4.69) is 51.3 Å². The molecular weight excluding hydrogens is 444 g/mol. The minimum absolute atomic E-state index is 0.0918. The van der Waals surface area contributed by atoms with Crippen molar-refractivity contribution in [1.82, 2.24) is 10.2 Å². The lowest BCUT2D eigenvalue weighted by molar-refractivity contribution is 0.305. The molecule has 4 rings (SSSR count). The SMILES string of the molecule is Cc1cc(C)c(C2C(C#N)=C(N)Oc3n[nH]c(C)c32)cc1COc1ccc(Br)cc1. The molecule has 0 aliphatic carbocycles. The average molecular weight is 465 g/mol. The quantitative estimate of drug-likeness (QED) is 0.572. The molecule has 2 aromatic carbocycles. The van der Waals surface area contributed by atoms with Crippen molar-refractivity contribution >= 4 is 15.9 Å². The molecule has 3 N–H and O–H groups in total. The molecule has 1 atom stereocenters. The van der Waals surface area contributed by atoms with Gasteiger partial charge in [-0.1, -0.05) is 28.1 Å². The number of H-pyrrole nitrogens is 1. The molecule has 152 valence electrons. The summed E-state index contributed by atoms with van der Waals surface area (Å²) in [5.74, 6) is 0.959. The Hall–Kier alpha value is -3.24. The molecule has 30 heavy (non-hydrogen) atoms. The van der Waals surface area contributed by atoms with Crippen LogP contribution in [-0.4, -0.2) is 10.2 Å². The summed E-state index contributed by atoms with van der Waals surface area (Å²) in [5.41, 5.74) is 12.4. The number of aromatic amines is 1. The first-order chi connectivity index (χ1) is 14.4. The fourth-order valence-electron chi connectivity index (χ4n) is 3.78. The zero-order chi connectivity index (χ0) is 21.4. The van der Waals surface area contributed by atoms with Gasteiger partial charge in [-0.05, 0) is 67.3 Å². The Morgan fingerprint density at radius 3 is 2.63 bits per heavy atom. The second-order valence-corrected chi connectivity index (χ2v) is 8.29. The van der Waals surface area contributed by atoms with Gasteiger partial charge in [0, 0.05) is 15.7 Å². The van der Waals surface area contributed by atoms with E-state index in [1.165, 1.54) is 0 Å². The van der Waals surface area contributed by atoms with Crippen molar-refractivity contribution in [2.75, 3.05) is 0 Å². The van der Waals surface area contributed by atoms with Crippen LogP contribution in [0.2, 0.25) is 0 Å². The maximum Gasteiger partial charge on any atom is 0.244 e. The largest absolute Gasteiger partial charge is 0.489 e. The molecule has 1 aliphatic heterocycles. The Kier molecular flexibility index (Phi) is 5.27. The van der Waals surface area contributed by atoms with Crippen LogP contribution in [0.15, 0.2) is 52.3 Å². The number of hydrogen-bond acceptors (Lipinski definition) is 5. The highest BCUT2D eigenvalue weighted by atomic mass is 79.9. The van der Waals surface area contributed by atoms with Gasteiger partial charge in [0.25, 0.3) is 0 Å². The number of nitrogens with zero attached hydrogens (tertiary/aromatic N) is 2. The summed E-state index contributed by atoms with van der Waals surface area (Å²) in [6, 6.07) is 14.2. The number of nitriles is 1. The number of nitrogens with one attached hydrogen (secondary N) is 1. The monoisotopic (exact) mass is 464 g/mol. The third kappa shape index (κ3) is 3.55. The van der Waals surface area contributed by atoms with Gasteiger partial charge in [-0.2, -0.15) is 5.26 Å². The van der Waals surface area contributed by atoms with E-state index in [-0.39, 0.29) is 11.8 Å². The lowest BCUT2D eigenvalue weighted by atomic mass is 9.81. The summed E-state index contributed by atoms with van der Waals surface area (Å²) in [4.78, 5) is 0. The van der Waals surface area contributed by atoms with Crippen molar-refractivity contribution in [3.8, 4) is 17.7 Å². The maximum atomic E-state index is 9.81. The third-order valence-corrected chi connectivity index (χ3v) is 5.90. The topological polar surface area (TPSA) is 97.0 Å². The maximum absolute atomic E-state index is 9.81. The van der Waals surface area contributed by atoms with E-state index in [4.69, 9.17) is 15.2 Å². The summed E-state index contributed by atoms with van der Waals surface area (Å²) < 4.78 is 12.6. The number of rotatable bonds is 4. The van der Waals surface area contributed by atoms with Crippen molar-refractivity contribution in [2.24, 2.45) is 5.73 Å². The molecule has 1 aliphatic rings. The van der Waals surface area contributed by atoms with Crippen LogP contribution in [0.1, 0.15) is 39.4 Å². The zero-order valence-corrected chi connectivity index (χ0v) is 18.5. The minimum atomic E-state index is -0.343. The van der Waals surface area contributed by atoms with Gasteiger partial charge in [0.1, 0.15) is 24.0 Å². The number of aromatic nitrogens is 2. The molecule has 6 nitrogen and oxygen atoms in total. The second-order valence-electron chi connectivity index (χ2n) is 7.37. The van der Waals surface area contributed by atoms with Gasteiger partial charge in [0.05, 0.1) is 5.92 Å². The fraction of sp³-hybridized carbons (Fsp3) is 0.217. The summed E-state index contributed by atoms with van der Waals surface area (Å²) in [5, 5.41) is 17.0. The van der Waals surface area contributed by atoms with Crippen LogP contribution in [0.4, 0.5) is 0 Å². The van der Waals surface area contributed by atoms with Crippen LogP contribution in [0, 0.1) is 32.1 Å². The minimum Gasteiger partial charge on any atom is -0.489 e. The molecule has 7 heteroatoms. The van der Waals surface area contributed by atoms with Gasteiger partial charge in [-0.15, -0.1) is 5.10 Å². The molecule has 0 spiro atoms. The first kappa shape index (κ1) is 20.0. The second kappa shape index (κ2) is 7.88. The van der Waals surface area contributed by atoms with E-state index < -0.39 is 0 Å². The van der Waals surface area contributed by atoms with E-state index in [0.29, 0.717) is 18.1 Å². The predicted octanol–water partition coefficient (Wildman–Crippen LogP) is 4.89. The molecule has 0 saturated carbocycles. The smallest absolute Gasteiger partial charge is 0.244 e. The Bertz CT molecular complexity index is 1190. The van der Waals surface area contributed by atoms with E-state index >= 15 is 0 Å². The van der Waals surface area contributed by atoms with E-state index in [0.717, 1.165) is 43.7 Å². The van der Waals surface area contributed by atoms with Gasteiger partial charge in [0.15, 0.2) is 0 Å². The first-order valence-corrected chi connectivity index (χ1v) is 10.3. The van der Waals surface area contributed by atoms with Crippen LogP contribution < -0.4 is 15.2 Å². The van der Waals surface area contributed by atoms with Crippen molar-refractivity contribution in [1.29, 1.82) is 5.26 Å². The molecule has 0 radical (unpaired) electrons. The van der Waals surface area contributed by atoms with E-state index in [1.807, 2.05) is 38.1 Å². The lowest BCUT2D eigenvalue weighted by Gasteiger charge is -2.26. The molecule has 0 bridgehead atoms. The van der Waals surface area contributed by atoms with Gasteiger partial charge < -0.3 is 15.2 Å². The number of fused-ring (bicyclic) bond motifs is 1. The fourth-order valence-corrected chi connectivity index (χ4v) is 4.05. The molecule has 0 amide bonds. The molecule has 0 fully saturated rings. The summed E-state index contributed by atoms with van der Waals surface area (Å²) in [6.45, 7) is 6.43. The normalized spacial score (nSPS) is 15.4. The number of allylic oxidation sites excluding steroid dienone is 1. The van der Waals surface area contributed by atoms with E-state index in [1.54, 1.807) is 0 Å². The molecule has 0 saturated heterocycles. The standard InChI is InChI=1S/C23H21BrN4O2/c1-12-8-13(2)18(9-15(12)11-29-17-6-4-16(24)5-7-17)21-19(10-25)22(26)30-23-20(21)14(3)27-28-23/h4-9,21H,11,26H2,1-3H3,(H,27,28). The number of hydrogen-bond donors (Lipinski definition) is 2. The molecule has 1 aromatic heterocycles. The van der Waals surface area contributed by atoms with Crippen LogP contribution in [0.25, 0.3) is 0 Å². The molecule has 3 aromatic rings. The van der Waals surface area contributed by atoms with Gasteiger partial charge in [0.2, 0.25) is 11.8 Å². The predicted molar refractivity (Wildman–Crippen MR) is 117 cm³/mol. The highest BCUT2D eigenvalue weighted by Crippen LogP contribution is 2.44. The Morgan fingerprint density at radius 1 is 1.20 bits per heavy atom. The van der Waals surface area contributed by atoms with Crippen LogP contribution in [0.5, 0.6) is 11.6 Å². The zero-order valence-electron chi connectivity index (χ0n) is 16.9. The van der Waals surface area contributed by atoms with Crippen molar-refractivity contribution in [3.63, 3.8) is 0 Å². The number of nitrogens with two attached hydrogens (primary N) is 1. The Morgan fingerprint density at radius 2 is 1.93 bits per heavy atom. The lowest BCUT2D eigenvalue weighted by Crippen LogP contribution is -2.21. The van der Waals surface area contributed by atoms with Crippen molar-refractivity contribution in [2.45, 2.75) is 33.3 Å². The van der Waals surface area contributed by atoms with Crippen LogP contribution in [-0.2, 0) is 6.61 Å². The summed E-state index contributed by atoms with van der Waals surface area (Å²) in [7, 11) is 0. The van der Waals surface area contributed by atoms with Crippen LogP contribution in [0.3, 0.4) is 0 Å². The number of halogens is 1. The Labute approximate surface area is 183 Å².